The molecule has 3 rings (SSSR count). The highest BCUT2D eigenvalue weighted by Crippen LogP contribution is 2.36. The fourth-order valence-electron chi connectivity index (χ4n) is 2.19. The van der Waals surface area contributed by atoms with Gasteiger partial charge in [0.2, 0.25) is 11.8 Å². The maximum Gasteiger partial charge on any atom is 0.238 e. The van der Waals surface area contributed by atoms with E-state index < -0.39 is 5.25 Å². The molecule has 0 unspecified atom stereocenters. The van der Waals surface area contributed by atoms with Gasteiger partial charge < -0.3 is 10.6 Å². The van der Waals surface area contributed by atoms with Gasteiger partial charge in [-0.15, -0.1) is 11.8 Å². The monoisotopic (exact) mass is 366 g/mol. The van der Waals surface area contributed by atoms with Crippen molar-refractivity contribution in [3.8, 4) is 0 Å². The fraction of sp³-hybridized carbons (Fsp3) is 0.125. The molecule has 4 nitrogen and oxygen atoms in total. The lowest BCUT2D eigenvalue weighted by molar-refractivity contribution is -0.120. The van der Waals surface area contributed by atoms with Gasteiger partial charge >= 0.3 is 0 Å². The summed E-state index contributed by atoms with van der Waals surface area (Å²) in [6.45, 7) is 0. The highest BCUT2D eigenvalue weighted by Gasteiger charge is 2.28. The van der Waals surface area contributed by atoms with Gasteiger partial charge in [0, 0.05) is 16.3 Å². The molecule has 23 heavy (non-hydrogen) atoms. The molecule has 2 aromatic carbocycles. The van der Waals surface area contributed by atoms with Gasteiger partial charge in [-0.3, -0.25) is 9.59 Å². The Morgan fingerprint density at radius 2 is 2.00 bits per heavy atom. The van der Waals surface area contributed by atoms with Crippen molar-refractivity contribution in [1.82, 2.24) is 0 Å². The molecule has 0 aromatic heterocycles. The molecule has 0 radical (unpaired) electrons. The number of rotatable bonds is 3. The maximum absolute atomic E-state index is 12.2. The first-order valence-corrected chi connectivity index (χ1v) is 8.48. The van der Waals surface area contributed by atoms with Gasteiger partial charge in [0.15, 0.2) is 0 Å². The van der Waals surface area contributed by atoms with E-state index in [2.05, 4.69) is 10.6 Å². The zero-order valence-corrected chi connectivity index (χ0v) is 14.1. The van der Waals surface area contributed by atoms with E-state index in [-0.39, 0.29) is 18.2 Å². The molecule has 2 N–H and O–H groups in total. The summed E-state index contributed by atoms with van der Waals surface area (Å²) in [5, 5.41) is 5.90. The van der Waals surface area contributed by atoms with Gasteiger partial charge in [-0.25, -0.2) is 0 Å². The van der Waals surface area contributed by atoms with E-state index >= 15 is 0 Å². The summed E-state index contributed by atoms with van der Waals surface area (Å²) in [5.41, 5.74) is 1.21. The van der Waals surface area contributed by atoms with Crippen LogP contribution in [0.25, 0.3) is 0 Å². The number of nitrogens with one attached hydrogen (secondary N) is 2. The highest BCUT2D eigenvalue weighted by atomic mass is 35.5. The van der Waals surface area contributed by atoms with Crippen molar-refractivity contribution in [3.63, 3.8) is 0 Å². The third-order valence-electron chi connectivity index (χ3n) is 3.28. The van der Waals surface area contributed by atoms with Crippen LogP contribution in [-0.2, 0) is 9.59 Å². The first kappa shape index (κ1) is 16.2. The minimum atomic E-state index is -0.483. The summed E-state index contributed by atoms with van der Waals surface area (Å²) < 4.78 is 0. The van der Waals surface area contributed by atoms with E-state index in [0.717, 1.165) is 10.6 Å². The number of halogens is 2. The van der Waals surface area contributed by atoms with Crippen LogP contribution in [0.4, 0.5) is 11.4 Å². The molecular formula is C16H12Cl2N2O2S. The van der Waals surface area contributed by atoms with Crippen LogP contribution in [0, 0.1) is 0 Å². The van der Waals surface area contributed by atoms with Crippen LogP contribution in [0.2, 0.25) is 10.0 Å². The van der Waals surface area contributed by atoms with Crippen LogP contribution in [0.3, 0.4) is 0 Å². The first-order chi connectivity index (χ1) is 11.0. The van der Waals surface area contributed by atoms with Crippen LogP contribution >= 0.6 is 35.0 Å². The molecule has 1 aliphatic rings. The molecule has 0 bridgehead atoms. The molecule has 0 aliphatic carbocycles. The average Bonchev–Trinajstić information content (AvgIpc) is 2.51. The average molecular weight is 367 g/mol. The predicted molar refractivity (Wildman–Crippen MR) is 94.4 cm³/mol. The smallest absolute Gasteiger partial charge is 0.238 e. The van der Waals surface area contributed by atoms with Crippen LogP contribution in [0.5, 0.6) is 0 Å². The highest BCUT2D eigenvalue weighted by molar-refractivity contribution is 8.01. The zero-order chi connectivity index (χ0) is 16.4. The second-order valence-electron chi connectivity index (χ2n) is 4.97. The van der Waals surface area contributed by atoms with Crippen molar-refractivity contribution in [2.24, 2.45) is 0 Å². The molecule has 0 fully saturated rings. The summed E-state index contributed by atoms with van der Waals surface area (Å²) in [5.74, 6) is -0.470. The first-order valence-electron chi connectivity index (χ1n) is 6.84. The molecule has 118 valence electrons. The lowest BCUT2D eigenvalue weighted by atomic mass is 10.2. The van der Waals surface area contributed by atoms with Crippen LogP contribution in [0.15, 0.2) is 47.4 Å². The molecule has 1 heterocycles. The van der Waals surface area contributed by atoms with Gasteiger partial charge in [0.25, 0.3) is 0 Å². The number of thioether (sulfide) groups is 1. The topological polar surface area (TPSA) is 58.2 Å². The third kappa shape index (κ3) is 3.80. The van der Waals surface area contributed by atoms with Gasteiger partial charge in [-0.05, 0) is 30.3 Å². The SMILES string of the molecule is O=C(C[C@@H]1Sc2ccccc2NC1=O)Nc1cc(Cl)ccc1Cl. The molecule has 0 spiro atoms. The summed E-state index contributed by atoms with van der Waals surface area (Å²) >= 11 is 13.3. The molecule has 7 heteroatoms. The summed E-state index contributed by atoms with van der Waals surface area (Å²) in [7, 11) is 0. The fourth-order valence-corrected chi connectivity index (χ4v) is 3.64. The van der Waals surface area contributed by atoms with E-state index in [1.807, 2.05) is 24.3 Å². The number of amides is 2. The molecule has 1 aliphatic heterocycles. The molecule has 1 atom stereocenters. The predicted octanol–water partition coefficient (Wildman–Crippen LogP) is 4.44. The lowest BCUT2D eigenvalue weighted by Crippen LogP contribution is -2.32. The van der Waals surface area contributed by atoms with Crippen LogP contribution < -0.4 is 10.6 Å². The Hall–Kier alpha value is -1.69. The number of carbonyl (C=O) groups is 2. The van der Waals surface area contributed by atoms with Crippen molar-refractivity contribution in [3.05, 3.63) is 52.5 Å². The number of carbonyl (C=O) groups excluding carboxylic acids is 2. The molecule has 0 saturated heterocycles. The third-order valence-corrected chi connectivity index (χ3v) is 5.12. The number of fused-ring (bicyclic) bond motifs is 1. The number of hydrogen-bond donors (Lipinski definition) is 2. The number of anilines is 2. The Labute approximate surface area is 147 Å². The van der Waals surface area contributed by atoms with Gasteiger partial charge in [0.05, 0.1) is 21.6 Å². The molecule has 2 aromatic rings. The van der Waals surface area contributed by atoms with Crippen molar-refractivity contribution in [2.45, 2.75) is 16.6 Å². The minimum absolute atomic E-state index is 0.0493. The van der Waals surface area contributed by atoms with Crippen molar-refractivity contribution >= 4 is 58.2 Å². The standard InChI is InChI=1S/C16H12Cl2N2O2S/c17-9-5-6-10(18)12(7-9)19-15(21)8-14-16(22)20-11-3-1-2-4-13(11)23-14/h1-7,14H,8H2,(H,19,21)(H,20,22)/t14-/m0/s1. The normalized spacial score (nSPS) is 16.4. The second kappa shape index (κ2) is 6.83. The van der Waals surface area contributed by atoms with Gasteiger partial charge in [-0.1, -0.05) is 35.3 Å². The number of hydrogen-bond acceptors (Lipinski definition) is 3. The zero-order valence-electron chi connectivity index (χ0n) is 11.8. The van der Waals surface area contributed by atoms with E-state index in [1.54, 1.807) is 18.2 Å². The quantitative estimate of drug-likeness (QED) is 0.844. The van der Waals surface area contributed by atoms with Crippen molar-refractivity contribution in [1.29, 1.82) is 0 Å². The Bertz CT molecular complexity index is 782. The van der Waals surface area contributed by atoms with Crippen LogP contribution in [-0.4, -0.2) is 17.1 Å². The Morgan fingerprint density at radius 1 is 1.22 bits per heavy atom. The van der Waals surface area contributed by atoms with E-state index in [1.165, 1.54) is 11.8 Å². The number of benzene rings is 2. The Kier molecular flexibility index (Phi) is 4.80. The maximum atomic E-state index is 12.2. The van der Waals surface area contributed by atoms with Crippen LogP contribution in [0.1, 0.15) is 6.42 Å². The summed E-state index contributed by atoms with van der Waals surface area (Å²) in [6.07, 6.45) is 0.0493. The molecular weight excluding hydrogens is 355 g/mol. The van der Waals surface area contributed by atoms with Crippen molar-refractivity contribution < 1.29 is 9.59 Å². The van der Waals surface area contributed by atoms with E-state index in [4.69, 9.17) is 23.2 Å². The van der Waals surface area contributed by atoms with E-state index in [0.29, 0.717) is 15.7 Å². The van der Waals surface area contributed by atoms with Gasteiger partial charge in [0.1, 0.15) is 0 Å². The largest absolute Gasteiger partial charge is 0.325 e. The lowest BCUT2D eigenvalue weighted by Gasteiger charge is -2.23. The summed E-state index contributed by atoms with van der Waals surface area (Å²) in [4.78, 5) is 25.3. The Balaban J connectivity index is 1.69. The van der Waals surface area contributed by atoms with E-state index in [9.17, 15) is 9.59 Å². The molecule has 2 amide bonds. The number of para-hydroxylation sites is 1. The van der Waals surface area contributed by atoms with Gasteiger partial charge in [-0.2, -0.15) is 0 Å². The molecule has 0 saturated carbocycles. The summed E-state index contributed by atoms with van der Waals surface area (Å²) in [6, 6.07) is 12.3. The second-order valence-corrected chi connectivity index (χ2v) is 7.06. The minimum Gasteiger partial charge on any atom is -0.325 e. The Morgan fingerprint density at radius 3 is 2.83 bits per heavy atom. The van der Waals surface area contributed by atoms with Crippen molar-refractivity contribution in [2.75, 3.05) is 10.6 Å².